The van der Waals surface area contributed by atoms with Gasteiger partial charge in [0.2, 0.25) is 5.88 Å². The summed E-state index contributed by atoms with van der Waals surface area (Å²) in [5.41, 5.74) is -0.927. The standard InChI is InChI=1S/C14H8BrF6NO2/c15-11-5-10(23-7-13(16,17)18)6-12(22-11)24-9-3-1-2-8(4-9)14(19,20)21/h1-6H,7H2. The van der Waals surface area contributed by atoms with E-state index in [2.05, 4.69) is 25.7 Å². The predicted molar refractivity (Wildman–Crippen MR) is 75.0 cm³/mol. The van der Waals surface area contributed by atoms with Crippen LogP contribution in [0.3, 0.4) is 0 Å². The quantitative estimate of drug-likeness (QED) is 0.481. The van der Waals surface area contributed by atoms with Crippen LogP contribution in [-0.2, 0) is 6.18 Å². The first-order chi connectivity index (χ1) is 11.0. The van der Waals surface area contributed by atoms with Crippen molar-refractivity contribution in [3.05, 3.63) is 46.6 Å². The van der Waals surface area contributed by atoms with E-state index in [0.29, 0.717) is 0 Å². The van der Waals surface area contributed by atoms with E-state index in [1.807, 2.05) is 0 Å². The number of pyridine rings is 1. The second-order valence-corrected chi connectivity index (χ2v) is 5.31. The second-order valence-electron chi connectivity index (χ2n) is 4.50. The molecular formula is C14H8BrF6NO2. The lowest BCUT2D eigenvalue weighted by Crippen LogP contribution is -2.19. The normalized spacial score (nSPS) is 12.1. The predicted octanol–water partition coefficient (Wildman–Crippen LogP) is 5.60. The minimum absolute atomic E-state index is 0.101. The van der Waals surface area contributed by atoms with Crippen molar-refractivity contribution in [3.63, 3.8) is 0 Å². The SMILES string of the molecule is FC(F)(F)COc1cc(Br)nc(Oc2cccc(C(F)(F)F)c2)c1. The van der Waals surface area contributed by atoms with Crippen molar-refractivity contribution in [1.29, 1.82) is 0 Å². The van der Waals surface area contributed by atoms with Crippen LogP contribution in [0, 0.1) is 0 Å². The summed E-state index contributed by atoms with van der Waals surface area (Å²) in [7, 11) is 0. The molecule has 0 aliphatic rings. The molecule has 10 heteroatoms. The van der Waals surface area contributed by atoms with Gasteiger partial charge in [0.25, 0.3) is 0 Å². The third-order valence-electron chi connectivity index (χ3n) is 2.53. The fraction of sp³-hybridized carbons (Fsp3) is 0.214. The number of halogens is 7. The Bertz CT molecular complexity index is 717. The van der Waals surface area contributed by atoms with Gasteiger partial charge in [0.1, 0.15) is 16.1 Å². The Hall–Kier alpha value is -1.97. The Kier molecular flexibility index (Phi) is 5.26. The van der Waals surface area contributed by atoms with E-state index in [4.69, 9.17) is 4.74 Å². The number of rotatable bonds is 4. The summed E-state index contributed by atoms with van der Waals surface area (Å²) >= 11 is 2.96. The first-order valence-corrected chi connectivity index (χ1v) is 7.04. The summed E-state index contributed by atoms with van der Waals surface area (Å²) in [6.07, 6.45) is -9.08. The molecule has 0 N–H and O–H groups in total. The molecule has 0 amide bonds. The van der Waals surface area contributed by atoms with Crippen molar-refractivity contribution in [1.82, 2.24) is 4.98 Å². The van der Waals surface area contributed by atoms with E-state index in [0.717, 1.165) is 24.3 Å². The fourth-order valence-corrected chi connectivity index (χ4v) is 2.01. The molecule has 0 unspecified atom stereocenters. The zero-order chi connectivity index (χ0) is 18.0. The van der Waals surface area contributed by atoms with Gasteiger partial charge < -0.3 is 9.47 Å². The van der Waals surface area contributed by atoms with Crippen molar-refractivity contribution >= 4 is 15.9 Å². The van der Waals surface area contributed by atoms with E-state index in [1.165, 1.54) is 12.1 Å². The lowest BCUT2D eigenvalue weighted by molar-refractivity contribution is -0.153. The molecule has 0 aliphatic carbocycles. The molecule has 3 nitrogen and oxygen atoms in total. The lowest BCUT2D eigenvalue weighted by Gasteiger charge is -2.12. The molecule has 1 aromatic heterocycles. The van der Waals surface area contributed by atoms with Gasteiger partial charge in [0, 0.05) is 12.1 Å². The molecule has 0 bridgehead atoms. The molecule has 24 heavy (non-hydrogen) atoms. The van der Waals surface area contributed by atoms with Crippen LogP contribution in [0.4, 0.5) is 26.3 Å². The van der Waals surface area contributed by atoms with Crippen LogP contribution in [0.5, 0.6) is 17.4 Å². The third-order valence-corrected chi connectivity index (χ3v) is 2.94. The van der Waals surface area contributed by atoms with Gasteiger partial charge >= 0.3 is 12.4 Å². The summed E-state index contributed by atoms with van der Waals surface area (Å²) in [6.45, 7) is -1.52. The zero-order valence-corrected chi connectivity index (χ0v) is 13.2. The first-order valence-electron chi connectivity index (χ1n) is 6.25. The summed E-state index contributed by atoms with van der Waals surface area (Å²) in [4.78, 5) is 3.82. The number of alkyl halides is 6. The third kappa shape index (κ3) is 5.59. The largest absolute Gasteiger partial charge is 0.484 e. The van der Waals surface area contributed by atoms with Crippen LogP contribution in [0.25, 0.3) is 0 Å². The molecule has 0 saturated carbocycles. The number of ether oxygens (including phenoxy) is 2. The molecule has 0 fully saturated rings. The highest BCUT2D eigenvalue weighted by atomic mass is 79.9. The van der Waals surface area contributed by atoms with Gasteiger partial charge in [-0.25, -0.2) is 4.98 Å². The number of benzene rings is 1. The summed E-state index contributed by atoms with van der Waals surface area (Å²) in [5.74, 6) is -0.589. The maximum atomic E-state index is 12.6. The maximum Gasteiger partial charge on any atom is 0.422 e. The van der Waals surface area contributed by atoms with E-state index in [-0.39, 0.29) is 22.0 Å². The van der Waals surface area contributed by atoms with Gasteiger partial charge in [-0.05, 0) is 34.1 Å². The van der Waals surface area contributed by atoms with Crippen molar-refractivity contribution in [2.75, 3.05) is 6.61 Å². The van der Waals surface area contributed by atoms with Crippen molar-refractivity contribution in [3.8, 4) is 17.4 Å². The van der Waals surface area contributed by atoms with Crippen molar-refractivity contribution in [2.24, 2.45) is 0 Å². The van der Waals surface area contributed by atoms with E-state index < -0.39 is 24.5 Å². The molecule has 0 atom stereocenters. The van der Waals surface area contributed by atoms with Gasteiger partial charge in [-0.3, -0.25) is 0 Å². The summed E-state index contributed by atoms with van der Waals surface area (Å²) in [5, 5.41) is 0. The molecule has 0 radical (unpaired) electrons. The molecule has 0 spiro atoms. The van der Waals surface area contributed by atoms with Crippen LogP contribution in [0.2, 0.25) is 0 Å². The zero-order valence-electron chi connectivity index (χ0n) is 11.6. The smallest absolute Gasteiger partial charge is 0.422 e. The number of hydrogen-bond acceptors (Lipinski definition) is 3. The van der Waals surface area contributed by atoms with E-state index in [9.17, 15) is 26.3 Å². The summed E-state index contributed by atoms with van der Waals surface area (Å²) < 4.78 is 84.2. The Balaban J connectivity index is 2.19. The number of nitrogens with zero attached hydrogens (tertiary/aromatic N) is 1. The monoisotopic (exact) mass is 415 g/mol. The first kappa shape index (κ1) is 18.4. The minimum atomic E-state index is -4.55. The lowest BCUT2D eigenvalue weighted by atomic mass is 10.2. The molecule has 0 saturated heterocycles. The average molecular weight is 416 g/mol. The highest BCUT2D eigenvalue weighted by Gasteiger charge is 2.31. The molecule has 1 aromatic carbocycles. The maximum absolute atomic E-state index is 12.6. The Morgan fingerprint density at radius 2 is 1.67 bits per heavy atom. The molecular weight excluding hydrogens is 408 g/mol. The topological polar surface area (TPSA) is 31.4 Å². The Morgan fingerprint density at radius 3 is 2.29 bits per heavy atom. The summed E-state index contributed by atoms with van der Waals surface area (Å²) in [6, 6.07) is 6.21. The molecule has 2 rings (SSSR count). The van der Waals surface area contributed by atoms with Gasteiger partial charge in [0.15, 0.2) is 6.61 Å². The Labute approximate surface area is 140 Å². The molecule has 1 heterocycles. The van der Waals surface area contributed by atoms with Gasteiger partial charge in [-0.1, -0.05) is 6.07 Å². The van der Waals surface area contributed by atoms with E-state index >= 15 is 0 Å². The van der Waals surface area contributed by atoms with Gasteiger partial charge in [-0.15, -0.1) is 0 Å². The molecule has 130 valence electrons. The number of aromatic nitrogens is 1. The van der Waals surface area contributed by atoms with Gasteiger partial charge in [0.05, 0.1) is 5.56 Å². The van der Waals surface area contributed by atoms with Crippen molar-refractivity contribution < 1.29 is 35.8 Å². The average Bonchev–Trinajstić information content (AvgIpc) is 2.43. The molecule has 0 aliphatic heterocycles. The molecule has 2 aromatic rings. The van der Waals surface area contributed by atoms with Crippen LogP contribution in [0.1, 0.15) is 5.56 Å². The second kappa shape index (κ2) is 6.88. The highest BCUT2D eigenvalue weighted by Crippen LogP contribution is 2.33. The van der Waals surface area contributed by atoms with Crippen LogP contribution >= 0.6 is 15.9 Å². The van der Waals surface area contributed by atoms with Crippen LogP contribution in [0.15, 0.2) is 41.0 Å². The van der Waals surface area contributed by atoms with Crippen molar-refractivity contribution in [2.45, 2.75) is 12.4 Å². The van der Waals surface area contributed by atoms with Gasteiger partial charge in [-0.2, -0.15) is 26.3 Å². The highest BCUT2D eigenvalue weighted by molar-refractivity contribution is 9.10. The Morgan fingerprint density at radius 1 is 0.958 bits per heavy atom. The van der Waals surface area contributed by atoms with Crippen LogP contribution < -0.4 is 9.47 Å². The fourth-order valence-electron chi connectivity index (χ4n) is 1.61. The minimum Gasteiger partial charge on any atom is -0.484 e. The van der Waals surface area contributed by atoms with E-state index in [1.54, 1.807) is 0 Å². The number of hydrogen-bond donors (Lipinski definition) is 0. The van der Waals surface area contributed by atoms with Crippen LogP contribution in [-0.4, -0.2) is 17.8 Å².